The molecule has 1 saturated heterocycles. The Morgan fingerprint density at radius 2 is 1.81 bits per heavy atom. The van der Waals surface area contributed by atoms with Crippen LogP contribution in [0.15, 0.2) is 0 Å². The van der Waals surface area contributed by atoms with Gasteiger partial charge in [0.1, 0.15) is 6.04 Å². The number of ether oxygens (including phenoxy) is 3. The normalized spacial score (nSPS) is 28.0. The van der Waals surface area contributed by atoms with Gasteiger partial charge >= 0.3 is 5.97 Å². The van der Waals surface area contributed by atoms with E-state index in [4.69, 9.17) is 19.9 Å². The number of methoxy groups -OCH3 is 3. The maximum absolute atomic E-state index is 11.5. The Morgan fingerprint density at radius 1 is 1.31 bits per heavy atom. The lowest BCUT2D eigenvalue weighted by Gasteiger charge is -2.23. The fourth-order valence-electron chi connectivity index (χ4n) is 2.01. The third-order valence-corrected chi connectivity index (χ3v) is 2.99. The number of nitrogens with zero attached hydrogens (tertiary/aromatic N) is 1. The Hall–Kier alpha value is -0.690. The van der Waals surface area contributed by atoms with Gasteiger partial charge in [0.25, 0.3) is 0 Å². The maximum atomic E-state index is 11.5. The number of esters is 1. The molecule has 2 N–H and O–H groups in total. The number of hydrogen-bond donors (Lipinski definition) is 1. The summed E-state index contributed by atoms with van der Waals surface area (Å²) in [6.45, 7) is 1.50. The lowest BCUT2D eigenvalue weighted by Crippen LogP contribution is -2.46. The van der Waals surface area contributed by atoms with Crippen molar-refractivity contribution in [2.75, 3.05) is 41.0 Å². The molecule has 3 unspecified atom stereocenters. The van der Waals surface area contributed by atoms with Crippen molar-refractivity contribution in [1.82, 2.24) is 4.90 Å². The van der Waals surface area contributed by atoms with Crippen LogP contribution in [0.25, 0.3) is 0 Å². The Bertz CT molecular complexity index is 225. The molecule has 1 aliphatic heterocycles. The quantitative estimate of drug-likeness (QED) is 0.602. The standard InChI is InChI=1S/C10H20N2O4/c1-14-8-5-12(6-9(8)15-2)7(4-11)10(13)16-3/h7-9H,4-6,11H2,1-3H3. The molecule has 94 valence electrons. The molecule has 0 spiro atoms. The van der Waals surface area contributed by atoms with Crippen molar-refractivity contribution in [3.8, 4) is 0 Å². The highest BCUT2D eigenvalue weighted by molar-refractivity contribution is 5.76. The summed E-state index contributed by atoms with van der Waals surface area (Å²) in [6, 6.07) is -0.414. The largest absolute Gasteiger partial charge is 0.468 e. The molecule has 0 radical (unpaired) electrons. The van der Waals surface area contributed by atoms with E-state index in [0.29, 0.717) is 13.1 Å². The molecule has 0 aliphatic carbocycles. The molecule has 6 heteroatoms. The highest BCUT2D eigenvalue weighted by atomic mass is 16.5. The molecule has 1 rings (SSSR count). The van der Waals surface area contributed by atoms with E-state index in [2.05, 4.69) is 0 Å². The lowest BCUT2D eigenvalue weighted by molar-refractivity contribution is -0.146. The van der Waals surface area contributed by atoms with Gasteiger partial charge in [0.15, 0.2) is 0 Å². The number of nitrogens with two attached hydrogens (primary N) is 1. The summed E-state index contributed by atoms with van der Waals surface area (Å²) >= 11 is 0. The van der Waals surface area contributed by atoms with Crippen LogP contribution in [0, 0.1) is 0 Å². The molecule has 0 bridgehead atoms. The number of rotatable bonds is 5. The summed E-state index contributed by atoms with van der Waals surface area (Å²) in [6.07, 6.45) is -0.0487. The van der Waals surface area contributed by atoms with E-state index in [0.717, 1.165) is 0 Å². The van der Waals surface area contributed by atoms with Crippen LogP contribution in [-0.4, -0.2) is 70.1 Å². The number of carbonyl (C=O) groups is 1. The van der Waals surface area contributed by atoms with Crippen LogP contribution in [0.5, 0.6) is 0 Å². The van der Waals surface area contributed by atoms with Gasteiger partial charge in [-0.3, -0.25) is 9.69 Å². The van der Waals surface area contributed by atoms with Gasteiger partial charge in [-0.1, -0.05) is 0 Å². The molecule has 1 heterocycles. The van der Waals surface area contributed by atoms with Gasteiger partial charge in [-0.05, 0) is 0 Å². The minimum atomic E-state index is -0.414. The maximum Gasteiger partial charge on any atom is 0.324 e. The van der Waals surface area contributed by atoms with Crippen molar-refractivity contribution in [3.05, 3.63) is 0 Å². The van der Waals surface area contributed by atoms with Gasteiger partial charge in [0, 0.05) is 33.9 Å². The second kappa shape index (κ2) is 6.15. The van der Waals surface area contributed by atoms with Crippen LogP contribution < -0.4 is 5.73 Å². The first kappa shape index (κ1) is 13.4. The molecular formula is C10H20N2O4. The topological polar surface area (TPSA) is 74.0 Å². The Kier molecular flexibility index (Phi) is 5.14. The van der Waals surface area contributed by atoms with E-state index in [1.807, 2.05) is 4.90 Å². The van der Waals surface area contributed by atoms with Crippen LogP contribution in [0.4, 0.5) is 0 Å². The molecule has 3 atom stereocenters. The van der Waals surface area contributed by atoms with E-state index in [-0.39, 0.29) is 24.7 Å². The van der Waals surface area contributed by atoms with E-state index >= 15 is 0 Å². The first-order valence-electron chi connectivity index (χ1n) is 5.25. The fraction of sp³-hybridized carbons (Fsp3) is 0.900. The summed E-state index contributed by atoms with van der Waals surface area (Å²) in [4.78, 5) is 13.4. The van der Waals surface area contributed by atoms with Gasteiger partial charge in [-0.15, -0.1) is 0 Å². The summed E-state index contributed by atoms with van der Waals surface area (Å²) in [5, 5.41) is 0. The first-order valence-corrected chi connectivity index (χ1v) is 5.25. The zero-order valence-corrected chi connectivity index (χ0v) is 10.0. The van der Waals surface area contributed by atoms with Crippen molar-refractivity contribution < 1.29 is 19.0 Å². The van der Waals surface area contributed by atoms with Crippen molar-refractivity contribution >= 4 is 5.97 Å². The molecule has 0 aromatic heterocycles. The summed E-state index contributed by atoms with van der Waals surface area (Å²) in [7, 11) is 4.63. The first-order chi connectivity index (χ1) is 7.67. The van der Waals surface area contributed by atoms with Gasteiger partial charge in [-0.2, -0.15) is 0 Å². The summed E-state index contributed by atoms with van der Waals surface area (Å²) < 4.78 is 15.3. The van der Waals surface area contributed by atoms with Crippen LogP contribution in [0.2, 0.25) is 0 Å². The van der Waals surface area contributed by atoms with Crippen LogP contribution in [0.3, 0.4) is 0 Å². The molecule has 0 amide bonds. The molecule has 0 aromatic carbocycles. The third kappa shape index (κ3) is 2.70. The summed E-state index contributed by atoms with van der Waals surface area (Å²) in [5.74, 6) is -0.311. The van der Waals surface area contributed by atoms with Crippen LogP contribution >= 0.6 is 0 Å². The highest BCUT2D eigenvalue weighted by Gasteiger charge is 2.38. The van der Waals surface area contributed by atoms with E-state index in [9.17, 15) is 4.79 Å². The Morgan fingerprint density at radius 3 is 2.12 bits per heavy atom. The molecule has 0 saturated carbocycles. The molecule has 16 heavy (non-hydrogen) atoms. The minimum absolute atomic E-state index is 0.0243. The predicted molar refractivity (Wildman–Crippen MR) is 58.0 cm³/mol. The zero-order chi connectivity index (χ0) is 12.1. The fourth-order valence-corrected chi connectivity index (χ4v) is 2.01. The average molecular weight is 232 g/mol. The van der Waals surface area contributed by atoms with Gasteiger partial charge in [-0.25, -0.2) is 0 Å². The van der Waals surface area contributed by atoms with Crippen molar-refractivity contribution in [2.45, 2.75) is 18.2 Å². The lowest BCUT2D eigenvalue weighted by atomic mass is 10.2. The van der Waals surface area contributed by atoms with Crippen LogP contribution in [-0.2, 0) is 19.0 Å². The predicted octanol–water partition coefficient (Wildman–Crippen LogP) is -1.17. The smallest absolute Gasteiger partial charge is 0.324 e. The van der Waals surface area contributed by atoms with Gasteiger partial charge < -0.3 is 19.9 Å². The number of hydrogen-bond acceptors (Lipinski definition) is 6. The summed E-state index contributed by atoms with van der Waals surface area (Å²) in [5.41, 5.74) is 5.58. The number of carbonyl (C=O) groups excluding carboxylic acids is 1. The average Bonchev–Trinajstić information content (AvgIpc) is 2.72. The highest BCUT2D eigenvalue weighted by Crippen LogP contribution is 2.18. The van der Waals surface area contributed by atoms with E-state index < -0.39 is 6.04 Å². The van der Waals surface area contributed by atoms with Gasteiger partial charge in [0.2, 0.25) is 0 Å². The Balaban J connectivity index is 2.64. The van der Waals surface area contributed by atoms with E-state index in [1.54, 1.807) is 14.2 Å². The van der Waals surface area contributed by atoms with E-state index in [1.165, 1.54) is 7.11 Å². The molecule has 1 aliphatic rings. The number of likely N-dealkylation sites (tertiary alicyclic amines) is 1. The van der Waals surface area contributed by atoms with Gasteiger partial charge in [0.05, 0.1) is 19.3 Å². The second-order valence-electron chi connectivity index (χ2n) is 3.78. The SMILES string of the molecule is COC(=O)C(CN)N1CC(OC)C(OC)C1. The molecule has 1 fully saturated rings. The monoisotopic (exact) mass is 232 g/mol. The third-order valence-electron chi connectivity index (χ3n) is 2.99. The Labute approximate surface area is 95.6 Å². The second-order valence-corrected chi connectivity index (χ2v) is 3.78. The van der Waals surface area contributed by atoms with Crippen LogP contribution in [0.1, 0.15) is 0 Å². The molecule has 0 aromatic rings. The molecule has 6 nitrogen and oxygen atoms in total. The zero-order valence-electron chi connectivity index (χ0n) is 10.0. The van der Waals surface area contributed by atoms with Crippen molar-refractivity contribution in [1.29, 1.82) is 0 Å². The van der Waals surface area contributed by atoms with Crippen molar-refractivity contribution in [3.63, 3.8) is 0 Å². The van der Waals surface area contributed by atoms with Crippen molar-refractivity contribution in [2.24, 2.45) is 5.73 Å². The minimum Gasteiger partial charge on any atom is -0.468 e. The molecular weight excluding hydrogens is 212 g/mol.